The van der Waals surface area contributed by atoms with Gasteiger partial charge in [-0.2, -0.15) is 0 Å². The summed E-state index contributed by atoms with van der Waals surface area (Å²) in [6.07, 6.45) is 2.24. The summed E-state index contributed by atoms with van der Waals surface area (Å²) in [4.78, 5) is 13.8. The van der Waals surface area contributed by atoms with E-state index in [1.807, 2.05) is 0 Å². The fraction of sp³-hybridized carbons (Fsp3) is 0.923. The van der Waals surface area contributed by atoms with E-state index < -0.39 is 0 Å². The minimum atomic E-state index is 0.153. The van der Waals surface area contributed by atoms with Crippen LogP contribution in [0.15, 0.2) is 0 Å². The standard InChI is InChI=1S/C13H28N2O/c1-6-15(7-2)10-13(16)14-12(5)9-8-11(3)4/h11-12H,6-10H2,1-5H3,(H,14,16). The Labute approximate surface area is 101 Å². The highest BCUT2D eigenvalue weighted by atomic mass is 16.2. The van der Waals surface area contributed by atoms with Gasteiger partial charge >= 0.3 is 0 Å². The number of carbonyl (C=O) groups excluding carboxylic acids is 1. The van der Waals surface area contributed by atoms with E-state index in [2.05, 4.69) is 44.8 Å². The molecule has 0 fully saturated rings. The van der Waals surface area contributed by atoms with Crippen molar-refractivity contribution in [3.63, 3.8) is 0 Å². The van der Waals surface area contributed by atoms with Crippen LogP contribution in [0.5, 0.6) is 0 Å². The van der Waals surface area contributed by atoms with Gasteiger partial charge in [0.25, 0.3) is 0 Å². The lowest BCUT2D eigenvalue weighted by molar-refractivity contribution is -0.122. The summed E-state index contributed by atoms with van der Waals surface area (Å²) in [5.41, 5.74) is 0. The third-order valence-corrected chi connectivity index (χ3v) is 2.85. The monoisotopic (exact) mass is 228 g/mol. The Kier molecular flexibility index (Phi) is 8.26. The second-order valence-corrected chi connectivity index (χ2v) is 4.90. The third-order valence-electron chi connectivity index (χ3n) is 2.85. The highest BCUT2D eigenvalue weighted by Crippen LogP contribution is 2.06. The van der Waals surface area contributed by atoms with Crippen LogP contribution in [-0.2, 0) is 4.79 Å². The van der Waals surface area contributed by atoms with E-state index in [4.69, 9.17) is 0 Å². The number of nitrogens with zero attached hydrogens (tertiary/aromatic N) is 1. The molecule has 3 nitrogen and oxygen atoms in total. The maximum absolute atomic E-state index is 11.7. The predicted molar refractivity (Wildman–Crippen MR) is 69.5 cm³/mol. The summed E-state index contributed by atoms with van der Waals surface area (Å²) < 4.78 is 0. The van der Waals surface area contributed by atoms with Crippen molar-refractivity contribution in [2.45, 2.75) is 53.5 Å². The summed E-state index contributed by atoms with van der Waals surface area (Å²) >= 11 is 0. The summed E-state index contributed by atoms with van der Waals surface area (Å²) in [5.74, 6) is 0.863. The zero-order chi connectivity index (χ0) is 12.6. The molecular weight excluding hydrogens is 200 g/mol. The first-order valence-corrected chi connectivity index (χ1v) is 6.51. The minimum Gasteiger partial charge on any atom is -0.353 e. The van der Waals surface area contributed by atoms with Crippen molar-refractivity contribution < 1.29 is 4.79 Å². The van der Waals surface area contributed by atoms with Crippen molar-refractivity contribution in [2.75, 3.05) is 19.6 Å². The van der Waals surface area contributed by atoms with Crippen molar-refractivity contribution >= 4 is 5.91 Å². The van der Waals surface area contributed by atoms with E-state index in [0.717, 1.165) is 19.5 Å². The van der Waals surface area contributed by atoms with Crippen LogP contribution in [0.2, 0.25) is 0 Å². The molecule has 0 aliphatic carbocycles. The van der Waals surface area contributed by atoms with E-state index >= 15 is 0 Å². The van der Waals surface area contributed by atoms with Gasteiger partial charge in [0.1, 0.15) is 0 Å². The summed E-state index contributed by atoms with van der Waals surface area (Å²) in [6, 6.07) is 0.297. The van der Waals surface area contributed by atoms with E-state index in [9.17, 15) is 4.79 Å². The maximum Gasteiger partial charge on any atom is 0.234 e. The second-order valence-electron chi connectivity index (χ2n) is 4.90. The molecule has 3 heteroatoms. The molecule has 96 valence electrons. The molecule has 16 heavy (non-hydrogen) atoms. The van der Waals surface area contributed by atoms with Crippen LogP contribution in [0.3, 0.4) is 0 Å². The van der Waals surface area contributed by atoms with Gasteiger partial charge in [-0.05, 0) is 38.8 Å². The molecule has 0 bridgehead atoms. The molecule has 0 rings (SSSR count). The van der Waals surface area contributed by atoms with Crippen LogP contribution in [0, 0.1) is 5.92 Å². The first kappa shape index (κ1) is 15.4. The van der Waals surface area contributed by atoms with Gasteiger partial charge in [0, 0.05) is 6.04 Å². The number of amides is 1. The molecule has 0 heterocycles. The van der Waals surface area contributed by atoms with Crippen molar-refractivity contribution in [3.05, 3.63) is 0 Å². The lowest BCUT2D eigenvalue weighted by Crippen LogP contribution is -2.41. The molecule has 1 N–H and O–H groups in total. The number of rotatable bonds is 8. The van der Waals surface area contributed by atoms with Gasteiger partial charge in [-0.3, -0.25) is 9.69 Å². The Morgan fingerprint density at radius 2 is 1.69 bits per heavy atom. The molecule has 0 saturated carbocycles. The molecule has 1 unspecified atom stereocenters. The van der Waals surface area contributed by atoms with Crippen molar-refractivity contribution in [2.24, 2.45) is 5.92 Å². The van der Waals surface area contributed by atoms with E-state index in [-0.39, 0.29) is 5.91 Å². The van der Waals surface area contributed by atoms with Crippen molar-refractivity contribution in [1.29, 1.82) is 0 Å². The molecule has 0 saturated heterocycles. The van der Waals surface area contributed by atoms with E-state index in [1.54, 1.807) is 0 Å². The van der Waals surface area contributed by atoms with Gasteiger partial charge in [-0.25, -0.2) is 0 Å². The average molecular weight is 228 g/mol. The van der Waals surface area contributed by atoms with Gasteiger partial charge in [0.2, 0.25) is 5.91 Å². The summed E-state index contributed by atoms with van der Waals surface area (Å²) in [5, 5.41) is 3.05. The maximum atomic E-state index is 11.7. The Morgan fingerprint density at radius 3 is 2.12 bits per heavy atom. The van der Waals surface area contributed by atoms with Gasteiger partial charge in [-0.1, -0.05) is 27.7 Å². The first-order valence-electron chi connectivity index (χ1n) is 6.51. The number of carbonyl (C=O) groups is 1. The normalized spacial score (nSPS) is 13.2. The lowest BCUT2D eigenvalue weighted by Gasteiger charge is -2.20. The van der Waals surface area contributed by atoms with E-state index in [0.29, 0.717) is 18.5 Å². The smallest absolute Gasteiger partial charge is 0.234 e. The molecule has 0 aromatic rings. The van der Waals surface area contributed by atoms with Crippen LogP contribution in [0.25, 0.3) is 0 Å². The Morgan fingerprint density at radius 1 is 1.12 bits per heavy atom. The number of hydrogen-bond donors (Lipinski definition) is 1. The number of hydrogen-bond acceptors (Lipinski definition) is 2. The Balaban J connectivity index is 3.77. The van der Waals surface area contributed by atoms with Crippen LogP contribution in [0.1, 0.15) is 47.5 Å². The van der Waals surface area contributed by atoms with Crippen molar-refractivity contribution in [1.82, 2.24) is 10.2 Å². The van der Waals surface area contributed by atoms with Crippen LogP contribution < -0.4 is 5.32 Å². The van der Waals surface area contributed by atoms with Crippen LogP contribution in [-0.4, -0.2) is 36.5 Å². The predicted octanol–water partition coefficient (Wildman–Crippen LogP) is 2.27. The third kappa shape index (κ3) is 7.69. The van der Waals surface area contributed by atoms with Crippen LogP contribution >= 0.6 is 0 Å². The fourth-order valence-electron chi connectivity index (χ4n) is 1.63. The molecule has 1 amide bonds. The molecule has 0 spiro atoms. The van der Waals surface area contributed by atoms with Gasteiger partial charge in [0.15, 0.2) is 0 Å². The zero-order valence-corrected chi connectivity index (χ0v) is 11.5. The largest absolute Gasteiger partial charge is 0.353 e. The SMILES string of the molecule is CCN(CC)CC(=O)NC(C)CCC(C)C. The molecule has 0 aliphatic heterocycles. The Hall–Kier alpha value is -0.570. The molecule has 0 aliphatic rings. The topological polar surface area (TPSA) is 32.3 Å². The lowest BCUT2D eigenvalue weighted by atomic mass is 10.0. The number of nitrogens with one attached hydrogen (secondary N) is 1. The van der Waals surface area contributed by atoms with E-state index in [1.165, 1.54) is 6.42 Å². The summed E-state index contributed by atoms with van der Waals surface area (Å²) in [7, 11) is 0. The molecule has 0 aromatic carbocycles. The Bertz CT molecular complexity index is 188. The minimum absolute atomic E-state index is 0.153. The quantitative estimate of drug-likeness (QED) is 0.691. The van der Waals surface area contributed by atoms with Gasteiger partial charge < -0.3 is 5.32 Å². The van der Waals surface area contributed by atoms with Gasteiger partial charge in [0.05, 0.1) is 6.54 Å². The highest BCUT2D eigenvalue weighted by molar-refractivity contribution is 5.78. The molecule has 0 aromatic heterocycles. The molecular formula is C13H28N2O. The second kappa shape index (κ2) is 8.57. The molecule has 1 atom stereocenters. The summed E-state index contributed by atoms with van der Waals surface area (Å²) in [6.45, 7) is 13.1. The first-order chi connectivity index (χ1) is 7.49. The van der Waals surface area contributed by atoms with Crippen molar-refractivity contribution in [3.8, 4) is 0 Å². The molecule has 0 radical (unpaired) electrons. The average Bonchev–Trinajstić information content (AvgIpc) is 2.23. The van der Waals surface area contributed by atoms with Gasteiger partial charge in [-0.15, -0.1) is 0 Å². The highest BCUT2D eigenvalue weighted by Gasteiger charge is 2.10. The fourth-order valence-corrected chi connectivity index (χ4v) is 1.63. The van der Waals surface area contributed by atoms with Crippen LogP contribution in [0.4, 0.5) is 0 Å². The number of likely N-dealkylation sites (N-methyl/N-ethyl adjacent to an activating group) is 1. The zero-order valence-electron chi connectivity index (χ0n) is 11.5.